The monoisotopic (exact) mass is 420 g/mol. The normalized spacial score (nSPS) is 20.1. The minimum absolute atomic E-state index is 0.0460. The number of nitrogens with zero attached hydrogens (tertiary/aromatic N) is 3. The Labute approximate surface area is 179 Å². The molecule has 2 fully saturated rings. The van der Waals surface area contributed by atoms with Gasteiger partial charge >= 0.3 is 6.09 Å². The predicted molar refractivity (Wildman–Crippen MR) is 115 cm³/mol. The second kappa shape index (κ2) is 9.83. The first-order valence-electron chi connectivity index (χ1n) is 11.0. The summed E-state index contributed by atoms with van der Waals surface area (Å²) in [6.07, 6.45) is 3.31. The summed E-state index contributed by atoms with van der Waals surface area (Å²) in [6.45, 7) is 13.1. The molecule has 0 aromatic carbocycles. The Morgan fingerprint density at radius 1 is 1.20 bits per heavy atom. The van der Waals surface area contributed by atoms with E-state index in [1.54, 1.807) is 4.90 Å². The van der Waals surface area contributed by atoms with E-state index in [2.05, 4.69) is 14.8 Å². The number of ether oxygens (including phenoxy) is 2. The Balaban J connectivity index is 1.52. The zero-order valence-electron chi connectivity index (χ0n) is 18.7. The molecule has 0 spiro atoms. The summed E-state index contributed by atoms with van der Waals surface area (Å²) in [5.74, 6) is -0.0460. The van der Waals surface area contributed by atoms with Crippen LogP contribution in [-0.2, 0) is 9.47 Å². The zero-order valence-corrected chi connectivity index (χ0v) is 18.7. The van der Waals surface area contributed by atoms with Crippen LogP contribution in [0.5, 0.6) is 0 Å². The smallest absolute Gasteiger partial charge is 0.410 e. The van der Waals surface area contributed by atoms with Crippen molar-refractivity contribution in [3.8, 4) is 0 Å². The maximum Gasteiger partial charge on any atom is 0.410 e. The Morgan fingerprint density at radius 2 is 1.87 bits per heavy atom. The molecule has 8 heteroatoms. The first-order chi connectivity index (χ1) is 14.2. The Bertz CT molecular complexity index is 713. The first-order valence-corrected chi connectivity index (χ1v) is 11.0. The van der Waals surface area contributed by atoms with Gasteiger partial charge in [-0.25, -0.2) is 4.79 Å². The zero-order chi connectivity index (χ0) is 21.7. The fourth-order valence-electron chi connectivity index (χ4n) is 4.07. The highest BCUT2D eigenvalue weighted by Gasteiger charge is 2.29. The highest BCUT2D eigenvalue weighted by Crippen LogP contribution is 2.25. The van der Waals surface area contributed by atoms with Gasteiger partial charge in [-0.15, -0.1) is 0 Å². The number of rotatable bonds is 5. The van der Waals surface area contributed by atoms with Gasteiger partial charge in [0.2, 0.25) is 0 Å². The minimum Gasteiger partial charge on any atom is -0.444 e. The van der Waals surface area contributed by atoms with Crippen molar-refractivity contribution in [2.24, 2.45) is 0 Å². The van der Waals surface area contributed by atoms with Crippen LogP contribution in [-0.4, -0.2) is 83.9 Å². The Kier molecular flexibility index (Phi) is 7.41. The molecule has 2 saturated heterocycles. The van der Waals surface area contributed by atoms with Gasteiger partial charge in [-0.2, -0.15) is 0 Å². The Morgan fingerprint density at radius 3 is 2.50 bits per heavy atom. The fraction of sp³-hybridized carbons (Fsp3) is 0.727. The van der Waals surface area contributed by atoms with Crippen molar-refractivity contribution in [3.05, 3.63) is 24.0 Å². The summed E-state index contributed by atoms with van der Waals surface area (Å²) < 4.78 is 12.9. The molecule has 0 saturated carbocycles. The fourth-order valence-corrected chi connectivity index (χ4v) is 4.07. The molecule has 1 N–H and O–H groups in total. The molecular weight excluding hydrogens is 384 g/mol. The molecule has 1 atom stereocenters. The molecular formula is C22H36N4O4. The highest BCUT2D eigenvalue weighted by molar-refractivity contribution is 5.93. The van der Waals surface area contributed by atoms with Crippen molar-refractivity contribution < 1.29 is 19.1 Å². The average molecular weight is 421 g/mol. The van der Waals surface area contributed by atoms with Crippen molar-refractivity contribution in [3.63, 3.8) is 0 Å². The predicted octanol–water partition coefficient (Wildman–Crippen LogP) is 2.51. The van der Waals surface area contributed by atoms with E-state index in [4.69, 9.17) is 9.47 Å². The SMILES string of the molecule is CC(CN1CCOCC1)NC(=O)c1cccn1C1CCN(C(=O)OC(C)(C)C)CC1. The molecule has 3 rings (SSSR count). The number of morpholine rings is 1. The van der Waals surface area contributed by atoms with E-state index in [0.717, 1.165) is 45.7 Å². The molecule has 2 aliphatic heterocycles. The number of aromatic nitrogens is 1. The lowest BCUT2D eigenvalue weighted by Crippen LogP contribution is -2.46. The van der Waals surface area contributed by atoms with Crippen molar-refractivity contribution in [1.82, 2.24) is 19.7 Å². The van der Waals surface area contributed by atoms with Gasteiger partial charge in [0.1, 0.15) is 11.3 Å². The van der Waals surface area contributed by atoms with Crippen LogP contribution in [0.15, 0.2) is 18.3 Å². The van der Waals surface area contributed by atoms with Gasteiger partial charge in [0.15, 0.2) is 0 Å². The van der Waals surface area contributed by atoms with Crippen molar-refractivity contribution >= 4 is 12.0 Å². The maximum atomic E-state index is 12.9. The third-order valence-electron chi connectivity index (χ3n) is 5.53. The molecule has 1 aromatic rings. The number of nitrogens with one attached hydrogen (secondary N) is 1. The summed E-state index contributed by atoms with van der Waals surface area (Å²) in [7, 11) is 0. The van der Waals surface area contributed by atoms with Crippen LogP contribution in [0.4, 0.5) is 4.79 Å². The van der Waals surface area contributed by atoms with E-state index in [1.165, 1.54) is 0 Å². The van der Waals surface area contributed by atoms with Gasteiger partial charge in [-0.1, -0.05) is 0 Å². The standard InChI is InChI=1S/C22H36N4O4/c1-17(16-24-12-14-29-15-13-24)23-20(27)19-6-5-9-26(19)18-7-10-25(11-8-18)21(28)30-22(2,3)4/h5-6,9,17-18H,7-8,10-16H2,1-4H3,(H,23,27). The molecule has 3 heterocycles. The molecule has 1 aromatic heterocycles. The topological polar surface area (TPSA) is 76.0 Å². The molecule has 8 nitrogen and oxygen atoms in total. The number of carbonyl (C=O) groups is 2. The van der Waals surface area contributed by atoms with Gasteiger partial charge in [0.05, 0.1) is 13.2 Å². The second-order valence-corrected chi connectivity index (χ2v) is 9.29. The molecule has 30 heavy (non-hydrogen) atoms. The van der Waals surface area contributed by atoms with Gasteiger partial charge in [-0.05, 0) is 52.7 Å². The number of hydrogen-bond donors (Lipinski definition) is 1. The summed E-state index contributed by atoms with van der Waals surface area (Å²) >= 11 is 0. The molecule has 0 bridgehead atoms. The van der Waals surface area contributed by atoms with E-state index in [1.807, 2.05) is 46.0 Å². The van der Waals surface area contributed by atoms with Crippen LogP contribution in [0.25, 0.3) is 0 Å². The quantitative estimate of drug-likeness (QED) is 0.792. The lowest BCUT2D eigenvalue weighted by molar-refractivity contribution is 0.0187. The van der Waals surface area contributed by atoms with E-state index in [-0.39, 0.29) is 24.1 Å². The molecule has 2 aliphatic rings. The summed E-state index contributed by atoms with van der Waals surface area (Å²) in [4.78, 5) is 29.3. The van der Waals surface area contributed by atoms with Crippen molar-refractivity contribution in [2.75, 3.05) is 45.9 Å². The molecule has 2 amide bonds. The van der Waals surface area contributed by atoms with Gasteiger partial charge in [0.25, 0.3) is 5.91 Å². The number of hydrogen-bond acceptors (Lipinski definition) is 5. The second-order valence-electron chi connectivity index (χ2n) is 9.29. The molecule has 1 unspecified atom stereocenters. The third kappa shape index (κ3) is 6.22. The van der Waals surface area contributed by atoms with Crippen LogP contribution in [0.2, 0.25) is 0 Å². The van der Waals surface area contributed by atoms with Crippen molar-refractivity contribution in [2.45, 2.75) is 58.2 Å². The van der Waals surface area contributed by atoms with Crippen LogP contribution in [0, 0.1) is 0 Å². The minimum atomic E-state index is -0.489. The van der Waals surface area contributed by atoms with E-state index in [0.29, 0.717) is 18.8 Å². The van der Waals surface area contributed by atoms with Gasteiger partial charge < -0.3 is 24.3 Å². The van der Waals surface area contributed by atoms with E-state index in [9.17, 15) is 9.59 Å². The lowest BCUT2D eigenvalue weighted by Gasteiger charge is -2.34. The highest BCUT2D eigenvalue weighted by atomic mass is 16.6. The number of carbonyl (C=O) groups excluding carboxylic acids is 2. The van der Waals surface area contributed by atoms with Gasteiger partial charge in [0, 0.05) is 51.0 Å². The number of likely N-dealkylation sites (tertiary alicyclic amines) is 1. The van der Waals surface area contributed by atoms with Crippen LogP contribution in [0.3, 0.4) is 0 Å². The largest absolute Gasteiger partial charge is 0.444 e. The van der Waals surface area contributed by atoms with Crippen LogP contribution < -0.4 is 5.32 Å². The molecule has 168 valence electrons. The van der Waals surface area contributed by atoms with E-state index < -0.39 is 5.60 Å². The van der Waals surface area contributed by atoms with Crippen LogP contribution >= 0.6 is 0 Å². The lowest BCUT2D eigenvalue weighted by atomic mass is 10.0. The molecule has 0 radical (unpaired) electrons. The Hall–Kier alpha value is -2.06. The maximum absolute atomic E-state index is 12.9. The summed E-state index contributed by atoms with van der Waals surface area (Å²) in [6, 6.07) is 4.06. The van der Waals surface area contributed by atoms with E-state index >= 15 is 0 Å². The first kappa shape index (κ1) is 22.6. The average Bonchev–Trinajstić information content (AvgIpc) is 3.17. The van der Waals surface area contributed by atoms with Gasteiger partial charge in [-0.3, -0.25) is 9.69 Å². The van der Waals surface area contributed by atoms with Crippen LogP contribution in [0.1, 0.15) is 57.1 Å². The summed E-state index contributed by atoms with van der Waals surface area (Å²) in [5.41, 5.74) is 0.192. The number of amides is 2. The number of piperidine rings is 1. The van der Waals surface area contributed by atoms with Crippen molar-refractivity contribution in [1.29, 1.82) is 0 Å². The third-order valence-corrected chi connectivity index (χ3v) is 5.53. The molecule has 0 aliphatic carbocycles. The summed E-state index contributed by atoms with van der Waals surface area (Å²) in [5, 5.41) is 3.14.